The van der Waals surface area contributed by atoms with Gasteiger partial charge in [-0.25, -0.2) is 0 Å². The van der Waals surface area contributed by atoms with Crippen LogP contribution in [0, 0.1) is 0 Å². The maximum absolute atomic E-state index is 12.0. The van der Waals surface area contributed by atoms with Gasteiger partial charge < -0.3 is 15.5 Å². The van der Waals surface area contributed by atoms with Crippen molar-refractivity contribution < 1.29 is 4.79 Å². The summed E-state index contributed by atoms with van der Waals surface area (Å²) in [6.07, 6.45) is 1.10. The molecular formula is C13H18ClN3O. The van der Waals surface area contributed by atoms with Gasteiger partial charge in [-0.05, 0) is 31.2 Å². The molecule has 2 rings (SSSR count). The summed E-state index contributed by atoms with van der Waals surface area (Å²) in [6.45, 7) is 1.99. The minimum atomic E-state index is -0.0757. The second kappa shape index (κ2) is 5.59. The van der Waals surface area contributed by atoms with Gasteiger partial charge in [-0.3, -0.25) is 4.79 Å². The number of halogens is 1. The molecule has 1 unspecified atom stereocenters. The van der Waals surface area contributed by atoms with Crippen LogP contribution in [0.1, 0.15) is 16.8 Å². The fourth-order valence-corrected chi connectivity index (χ4v) is 2.23. The summed E-state index contributed by atoms with van der Waals surface area (Å²) in [5, 5.41) is 7.20. The lowest BCUT2D eigenvalue weighted by molar-refractivity contribution is 0.0828. The van der Waals surface area contributed by atoms with Gasteiger partial charge in [0.2, 0.25) is 0 Å². The van der Waals surface area contributed by atoms with E-state index in [0.29, 0.717) is 16.6 Å². The SMILES string of the molecule is CN(C)C(=O)c1cc(NC2CCNC2)ccc1Cl. The smallest absolute Gasteiger partial charge is 0.254 e. The van der Waals surface area contributed by atoms with E-state index >= 15 is 0 Å². The molecule has 1 amide bonds. The van der Waals surface area contributed by atoms with Gasteiger partial charge in [0.25, 0.3) is 5.91 Å². The number of carbonyl (C=O) groups is 1. The van der Waals surface area contributed by atoms with Gasteiger partial charge in [-0.15, -0.1) is 0 Å². The molecule has 1 aromatic rings. The van der Waals surface area contributed by atoms with Crippen molar-refractivity contribution in [3.63, 3.8) is 0 Å². The number of benzene rings is 1. The van der Waals surface area contributed by atoms with E-state index in [2.05, 4.69) is 10.6 Å². The first-order valence-corrected chi connectivity index (χ1v) is 6.44. The first-order valence-electron chi connectivity index (χ1n) is 6.06. The van der Waals surface area contributed by atoms with Crippen molar-refractivity contribution in [2.75, 3.05) is 32.5 Å². The first-order chi connectivity index (χ1) is 8.58. The fraction of sp³-hybridized carbons (Fsp3) is 0.462. The molecule has 1 aliphatic rings. The van der Waals surface area contributed by atoms with Crippen molar-refractivity contribution in [1.82, 2.24) is 10.2 Å². The van der Waals surface area contributed by atoms with Crippen LogP contribution >= 0.6 is 11.6 Å². The molecular weight excluding hydrogens is 250 g/mol. The minimum Gasteiger partial charge on any atom is -0.381 e. The lowest BCUT2D eigenvalue weighted by Gasteiger charge is -2.16. The van der Waals surface area contributed by atoms with Crippen LogP contribution < -0.4 is 10.6 Å². The van der Waals surface area contributed by atoms with Crippen LogP contribution in [0.5, 0.6) is 0 Å². The number of nitrogens with one attached hydrogen (secondary N) is 2. The van der Waals surface area contributed by atoms with Crippen molar-refractivity contribution in [3.8, 4) is 0 Å². The van der Waals surface area contributed by atoms with Crippen LogP contribution in [0.2, 0.25) is 5.02 Å². The molecule has 1 fully saturated rings. The molecule has 0 spiro atoms. The fourth-order valence-electron chi connectivity index (χ4n) is 2.03. The summed E-state index contributed by atoms with van der Waals surface area (Å²) in [6, 6.07) is 5.92. The topological polar surface area (TPSA) is 44.4 Å². The van der Waals surface area contributed by atoms with Crippen LogP contribution in [0.3, 0.4) is 0 Å². The number of hydrogen-bond acceptors (Lipinski definition) is 3. The van der Waals surface area contributed by atoms with Crippen molar-refractivity contribution in [1.29, 1.82) is 0 Å². The van der Waals surface area contributed by atoms with Gasteiger partial charge in [-0.1, -0.05) is 11.6 Å². The monoisotopic (exact) mass is 267 g/mol. The molecule has 98 valence electrons. The second-order valence-corrected chi connectivity index (χ2v) is 5.14. The zero-order valence-corrected chi connectivity index (χ0v) is 11.4. The Kier molecular flexibility index (Phi) is 4.09. The van der Waals surface area contributed by atoms with Gasteiger partial charge in [-0.2, -0.15) is 0 Å². The van der Waals surface area contributed by atoms with Crippen molar-refractivity contribution in [3.05, 3.63) is 28.8 Å². The average molecular weight is 268 g/mol. The normalized spacial score (nSPS) is 18.7. The zero-order valence-electron chi connectivity index (χ0n) is 10.7. The highest BCUT2D eigenvalue weighted by Crippen LogP contribution is 2.22. The van der Waals surface area contributed by atoms with Gasteiger partial charge in [0.1, 0.15) is 0 Å². The van der Waals surface area contributed by atoms with Crippen LogP contribution in [0.25, 0.3) is 0 Å². The van der Waals surface area contributed by atoms with Crippen LogP contribution in [0.15, 0.2) is 18.2 Å². The lowest BCUT2D eigenvalue weighted by Crippen LogP contribution is -2.24. The van der Waals surface area contributed by atoms with E-state index in [4.69, 9.17) is 11.6 Å². The standard InChI is InChI=1S/C13H18ClN3O/c1-17(2)13(18)11-7-9(3-4-12(11)14)16-10-5-6-15-8-10/h3-4,7,10,15-16H,5-6,8H2,1-2H3. The Hall–Kier alpha value is -1.26. The summed E-state index contributed by atoms with van der Waals surface area (Å²) in [5.41, 5.74) is 1.48. The van der Waals surface area contributed by atoms with Gasteiger partial charge >= 0.3 is 0 Å². The molecule has 0 bridgehead atoms. The highest BCUT2D eigenvalue weighted by Gasteiger charge is 2.16. The number of anilines is 1. The van der Waals surface area contributed by atoms with Gasteiger partial charge in [0.15, 0.2) is 0 Å². The molecule has 5 heteroatoms. The van der Waals surface area contributed by atoms with Crippen molar-refractivity contribution in [2.45, 2.75) is 12.5 Å². The van der Waals surface area contributed by atoms with E-state index in [1.165, 1.54) is 4.90 Å². The third kappa shape index (κ3) is 2.94. The third-order valence-electron chi connectivity index (χ3n) is 3.03. The van der Waals surface area contributed by atoms with Gasteiger partial charge in [0, 0.05) is 32.4 Å². The molecule has 1 heterocycles. The quantitative estimate of drug-likeness (QED) is 0.878. The molecule has 0 aliphatic carbocycles. The maximum Gasteiger partial charge on any atom is 0.254 e. The zero-order chi connectivity index (χ0) is 13.1. The second-order valence-electron chi connectivity index (χ2n) is 4.73. The van der Waals surface area contributed by atoms with E-state index in [1.807, 2.05) is 12.1 Å². The number of amides is 1. The average Bonchev–Trinajstić information content (AvgIpc) is 2.83. The summed E-state index contributed by atoms with van der Waals surface area (Å²) >= 11 is 6.06. The molecule has 1 aromatic carbocycles. The Labute approximate surface area is 112 Å². The van der Waals surface area contributed by atoms with E-state index in [1.54, 1.807) is 20.2 Å². The predicted molar refractivity (Wildman–Crippen MR) is 74.4 cm³/mol. The lowest BCUT2D eigenvalue weighted by atomic mass is 10.1. The predicted octanol–water partition coefficient (Wildman–Crippen LogP) is 1.82. The van der Waals surface area contributed by atoms with Crippen LogP contribution in [-0.4, -0.2) is 44.0 Å². The summed E-state index contributed by atoms with van der Waals surface area (Å²) in [5.74, 6) is -0.0757. The van der Waals surface area contributed by atoms with Crippen molar-refractivity contribution in [2.24, 2.45) is 0 Å². The van der Waals surface area contributed by atoms with E-state index in [-0.39, 0.29) is 5.91 Å². The molecule has 18 heavy (non-hydrogen) atoms. The third-order valence-corrected chi connectivity index (χ3v) is 3.36. The molecule has 0 aromatic heterocycles. The number of hydrogen-bond donors (Lipinski definition) is 2. The summed E-state index contributed by atoms with van der Waals surface area (Å²) in [7, 11) is 3.44. The van der Waals surface area contributed by atoms with Crippen LogP contribution in [0.4, 0.5) is 5.69 Å². The largest absolute Gasteiger partial charge is 0.381 e. The molecule has 0 saturated carbocycles. The molecule has 1 saturated heterocycles. The maximum atomic E-state index is 12.0. The molecule has 0 radical (unpaired) electrons. The minimum absolute atomic E-state index is 0.0757. The number of nitrogens with zero attached hydrogens (tertiary/aromatic N) is 1. The highest BCUT2D eigenvalue weighted by atomic mass is 35.5. The molecule has 1 atom stereocenters. The summed E-state index contributed by atoms with van der Waals surface area (Å²) < 4.78 is 0. The van der Waals surface area contributed by atoms with Gasteiger partial charge in [0.05, 0.1) is 10.6 Å². The summed E-state index contributed by atoms with van der Waals surface area (Å²) in [4.78, 5) is 13.5. The van der Waals surface area contributed by atoms with Crippen molar-refractivity contribution >= 4 is 23.2 Å². The Morgan fingerprint density at radius 3 is 2.89 bits per heavy atom. The Balaban J connectivity index is 2.17. The van der Waals surface area contributed by atoms with Crippen LogP contribution in [-0.2, 0) is 0 Å². The highest BCUT2D eigenvalue weighted by molar-refractivity contribution is 6.34. The molecule has 4 nitrogen and oxygen atoms in total. The number of rotatable bonds is 3. The molecule has 2 N–H and O–H groups in total. The first kappa shape index (κ1) is 13.2. The van der Waals surface area contributed by atoms with E-state index < -0.39 is 0 Å². The Bertz CT molecular complexity index is 442. The number of carbonyl (C=O) groups excluding carboxylic acids is 1. The Morgan fingerprint density at radius 1 is 1.50 bits per heavy atom. The Morgan fingerprint density at radius 2 is 2.28 bits per heavy atom. The van der Waals surface area contributed by atoms with E-state index in [0.717, 1.165) is 25.2 Å². The van der Waals surface area contributed by atoms with E-state index in [9.17, 15) is 4.79 Å². The molecule has 1 aliphatic heterocycles.